The molecule has 31 heavy (non-hydrogen) atoms. The number of fused-ring (bicyclic) bond motifs is 1. The summed E-state index contributed by atoms with van der Waals surface area (Å²) in [7, 11) is 2.08. The molecule has 0 atom stereocenters. The Morgan fingerprint density at radius 3 is 2.45 bits per heavy atom. The van der Waals surface area contributed by atoms with Crippen LogP contribution in [0.3, 0.4) is 0 Å². The molecule has 1 aromatic carbocycles. The van der Waals surface area contributed by atoms with Crippen molar-refractivity contribution in [1.82, 2.24) is 14.9 Å². The van der Waals surface area contributed by atoms with Gasteiger partial charge in [0.15, 0.2) is 0 Å². The molecule has 166 valence electrons. The van der Waals surface area contributed by atoms with Crippen molar-refractivity contribution in [3.63, 3.8) is 0 Å². The van der Waals surface area contributed by atoms with Gasteiger partial charge in [-0.15, -0.1) is 0 Å². The number of anilines is 2. The first kappa shape index (κ1) is 21.9. The zero-order chi connectivity index (χ0) is 22.1. The average Bonchev–Trinajstić information content (AvgIpc) is 2.78. The summed E-state index contributed by atoms with van der Waals surface area (Å²) in [6, 6.07) is 7.41. The van der Waals surface area contributed by atoms with Crippen molar-refractivity contribution in [3.05, 3.63) is 46.1 Å². The molecular weight excluding hydrogens is 410 g/mol. The second kappa shape index (κ2) is 9.03. The molecule has 0 saturated carbocycles. The molecule has 1 fully saturated rings. The lowest BCUT2D eigenvalue weighted by molar-refractivity contribution is 0.0733. The predicted molar refractivity (Wildman–Crippen MR) is 126 cm³/mol. The van der Waals surface area contributed by atoms with Crippen LogP contribution in [0.2, 0.25) is 5.02 Å². The fourth-order valence-corrected chi connectivity index (χ4v) is 4.34. The number of hydrogen-bond acceptors (Lipinski definition) is 5. The molecule has 0 bridgehead atoms. The molecule has 1 saturated heterocycles. The second-order valence-corrected chi connectivity index (χ2v) is 9.57. The summed E-state index contributed by atoms with van der Waals surface area (Å²) < 4.78 is 0. The van der Waals surface area contributed by atoms with Gasteiger partial charge in [0.05, 0.1) is 12.2 Å². The molecular formula is C24H32ClN5O. The van der Waals surface area contributed by atoms with Crippen molar-refractivity contribution in [2.75, 3.05) is 36.5 Å². The molecule has 2 aliphatic heterocycles. The van der Waals surface area contributed by atoms with Crippen molar-refractivity contribution in [1.29, 1.82) is 0 Å². The molecule has 2 aromatic rings. The highest BCUT2D eigenvalue weighted by molar-refractivity contribution is 6.30. The summed E-state index contributed by atoms with van der Waals surface area (Å²) in [6.45, 7) is 9.84. The zero-order valence-electron chi connectivity index (χ0n) is 18.9. The monoisotopic (exact) mass is 441 g/mol. The van der Waals surface area contributed by atoms with Crippen molar-refractivity contribution < 1.29 is 4.79 Å². The van der Waals surface area contributed by atoms with E-state index in [0.29, 0.717) is 29.7 Å². The Balaban J connectivity index is 1.65. The molecule has 0 aliphatic carbocycles. The minimum absolute atomic E-state index is 0.0227. The molecule has 3 heterocycles. The topological polar surface area (TPSA) is 52.6 Å². The molecule has 0 radical (unpaired) electrons. The van der Waals surface area contributed by atoms with E-state index >= 15 is 0 Å². The Morgan fingerprint density at radius 1 is 1.13 bits per heavy atom. The number of hydrogen-bond donors (Lipinski definition) is 0. The van der Waals surface area contributed by atoms with Crippen LogP contribution in [0.4, 0.5) is 11.8 Å². The number of carbonyl (C=O) groups is 1. The maximum Gasteiger partial charge on any atom is 0.254 e. The molecule has 1 amide bonds. The third-order valence-electron chi connectivity index (χ3n) is 6.58. The maximum absolute atomic E-state index is 13.1. The van der Waals surface area contributed by atoms with Crippen LogP contribution in [-0.4, -0.2) is 53.5 Å². The van der Waals surface area contributed by atoms with E-state index in [-0.39, 0.29) is 5.91 Å². The van der Waals surface area contributed by atoms with E-state index in [9.17, 15) is 4.79 Å². The van der Waals surface area contributed by atoms with E-state index in [1.165, 1.54) is 12.8 Å². The van der Waals surface area contributed by atoms with E-state index < -0.39 is 0 Å². The van der Waals surface area contributed by atoms with Crippen LogP contribution in [0.25, 0.3) is 0 Å². The Bertz CT molecular complexity index is 938. The van der Waals surface area contributed by atoms with Crippen LogP contribution >= 0.6 is 11.6 Å². The van der Waals surface area contributed by atoms with Gasteiger partial charge in [-0.25, -0.2) is 4.98 Å². The van der Waals surface area contributed by atoms with E-state index in [1.54, 1.807) is 24.3 Å². The lowest BCUT2D eigenvalue weighted by atomic mass is 9.99. The Kier molecular flexibility index (Phi) is 6.37. The van der Waals surface area contributed by atoms with Crippen LogP contribution in [0.15, 0.2) is 24.3 Å². The number of benzene rings is 1. The van der Waals surface area contributed by atoms with Crippen LogP contribution in [0.5, 0.6) is 0 Å². The summed E-state index contributed by atoms with van der Waals surface area (Å²) in [5, 5.41) is 0.634. The molecule has 4 rings (SSSR count). The standard InChI is InChI=1S/C24H32ClN5O/c1-16(2)28(4)22-20-15-30(23(31)18-5-7-19(25)8-6-18)14-11-21(20)26-24(27-22)29-12-9-17(3)10-13-29/h5-8,16-17H,9-15H2,1-4H3. The summed E-state index contributed by atoms with van der Waals surface area (Å²) in [5.41, 5.74) is 2.80. The van der Waals surface area contributed by atoms with Crippen LogP contribution < -0.4 is 9.80 Å². The van der Waals surface area contributed by atoms with E-state index in [1.807, 2.05) is 4.90 Å². The van der Waals surface area contributed by atoms with Crippen LogP contribution in [0.1, 0.15) is 55.2 Å². The van der Waals surface area contributed by atoms with Gasteiger partial charge in [-0.3, -0.25) is 4.79 Å². The highest BCUT2D eigenvalue weighted by atomic mass is 35.5. The van der Waals surface area contributed by atoms with Gasteiger partial charge >= 0.3 is 0 Å². The third kappa shape index (κ3) is 4.64. The largest absolute Gasteiger partial charge is 0.357 e. The number of piperidine rings is 1. The Morgan fingerprint density at radius 2 is 1.81 bits per heavy atom. The summed E-state index contributed by atoms with van der Waals surface area (Å²) in [4.78, 5) is 29.5. The Labute approximate surface area is 190 Å². The van der Waals surface area contributed by atoms with Gasteiger partial charge in [-0.05, 0) is 56.9 Å². The summed E-state index contributed by atoms with van der Waals surface area (Å²) in [6.07, 6.45) is 3.10. The minimum atomic E-state index is 0.0227. The molecule has 2 aliphatic rings. The van der Waals surface area contributed by atoms with Gasteiger partial charge in [-0.1, -0.05) is 18.5 Å². The molecule has 7 heteroatoms. The quantitative estimate of drug-likeness (QED) is 0.703. The molecule has 0 spiro atoms. The summed E-state index contributed by atoms with van der Waals surface area (Å²) in [5.74, 6) is 2.57. The highest BCUT2D eigenvalue weighted by Crippen LogP contribution is 2.31. The predicted octanol–water partition coefficient (Wildman–Crippen LogP) is 4.41. The van der Waals surface area contributed by atoms with Crippen molar-refractivity contribution in [2.45, 2.75) is 52.6 Å². The van der Waals surface area contributed by atoms with E-state index in [2.05, 4.69) is 37.6 Å². The fraction of sp³-hybridized carbons (Fsp3) is 0.542. The van der Waals surface area contributed by atoms with Crippen molar-refractivity contribution in [3.8, 4) is 0 Å². The van der Waals surface area contributed by atoms with Crippen LogP contribution in [0, 0.1) is 5.92 Å². The van der Waals surface area contributed by atoms with E-state index in [4.69, 9.17) is 21.6 Å². The SMILES string of the molecule is CC1CCN(c2nc3c(c(N(C)C(C)C)n2)CN(C(=O)c2ccc(Cl)cc2)CC3)CC1. The molecule has 0 N–H and O–H groups in total. The number of halogens is 1. The van der Waals surface area contributed by atoms with Crippen molar-refractivity contribution >= 4 is 29.3 Å². The zero-order valence-corrected chi connectivity index (χ0v) is 19.7. The molecule has 1 aromatic heterocycles. The number of carbonyl (C=O) groups excluding carboxylic acids is 1. The first-order chi connectivity index (χ1) is 14.8. The molecule has 0 unspecified atom stereocenters. The maximum atomic E-state index is 13.1. The number of aromatic nitrogens is 2. The smallest absolute Gasteiger partial charge is 0.254 e. The van der Waals surface area contributed by atoms with Gasteiger partial charge in [0.1, 0.15) is 5.82 Å². The molecule has 6 nitrogen and oxygen atoms in total. The van der Waals surface area contributed by atoms with Crippen LogP contribution in [-0.2, 0) is 13.0 Å². The van der Waals surface area contributed by atoms with Gasteiger partial charge < -0.3 is 14.7 Å². The number of rotatable bonds is 4. The average molecular weight is 442 g/mol. The lowest BCUT2D eigenvalue weighted by Crippen LogP contribution is -2.40. The van der Waals surface area contributed by atoms with Gasteiger partial charge in [0.25, 0.3) is 5.91 Å². The van der Waals surface area contributed by atoms with Gasteiger partial charge in [-0.2, -0.15) is 4.98 Å². The minimum Gasteiger partial charge on any atom is -0.357 e. The van der Waals surface area contributed by atoms with Gasteiger partial charge in [0, 0.05) is 55.3 Å². The first-order valence-electron chi connectivity index (χ1n) is 11.3. The van der Waals surface area contributed by atoms with Gasteiger partial charge in [0.2, 0.25) is 5.95 Å². The second-order valence-electron chi connectivity index (χ2n) is 9.13. The first-order valence-corrected chi connectivity index (χ1v) is 11.6. The summed E-state index contributed by atoms with van der Waals surface area (Å²) >= 11 is 5.99. The van der Waals surface area contributed by atoms with E-state index in [0.717, 1.165) is 48.5 Å². The highest BCUT2D eigenvalue weighted by Gasteiger charge is 2.29. The van der Waals surface area contributed by atoms with Crippen molar-refractivity contribution in [2.24, 2.45) is 5.92 Å². The normalized spacial score (nSPS) is 17.1. The number of amides is 1. The Hall–Kier alpha value is -2.34. The fourth-order valence-electron chi connectivity index (χ4n) is 4.22. The third-order valence-corrected chi connectivity index (χ3v) is 6.83. The lowest BCUT2D eigenvalue weighted by Gasteiger charge is -2.35. The number of nitrogens with zero attached hydrogens (tertiary/aromatic N) is 5.